The van der Waals surface area contributed by atoms with E-state index in [0.29, 0.717) is 12.5 Å². The largest absolute Gasteiger partial charge is 0.469 e. The highest BCUT2D eigenvalue weighted by Crippen LogP contribution is 2.27. The van der Waals surface area contributed by atoms with Gasteiger partial charge in [0.1, 0.15) is 0 Å². The molecule has 1 aliphatic carbocycles. The lowest BCUT2D eigenvalue weighted by Gasteiger charge is -2.20. The van der Waals surface area contributed by atoms with Crippen molar-refractivity contribution in [3.63, 3.8) is 0 Å². The number of methoxy groups -OCH3 is 1. The third-order valence-electron chi connectivity index (χ3n) is 3.80. The zero-order valence-electron chi connectivity index (χ0n) is 12.7. The number of esters is 1. The summed E-state index contributed by atoms with van der Waals surface area (Å²) in [5.74, 6) is -0.228. The smallest absolute Gasteiger partial charge is 0.310 e. The van der Waals surface area contributed by atoms with Crippen LogP contribution in [0.15, 0.2) is 23.2 Å². The van der Waals surface area contributed by atoms with E-state index in [0.717, 1.165) is 18.5 Å². The summed E-state index contributed by atoms with van der Waals surface area (Å²) in [6.45, 7) is 2.09. The van der Waals surface area contributed by atoms with Crippen molar-refractivity contribution in [2.45, 2.75) is 32.6 Å². The van der Waals surface area contributed by atoms with Gasteiger partial charge in [0.25, 0.3) is 0 Å². The van der Waals surface area contributed by atoms with E-state index in [4.69, 9.17) is 5.73 Å². The Morgan fingerprint density at radius 3 is 2.95 bits per heavy atom. The topological polar surface area (TPSA) is 76.7 Å². The third kappa shape index (κ3) is 3.97. The molecule has 0 heterocycles. The molecule has 5 nitrogen and oxygen atoms in total. The van der Waals surface area contributed by atoms with Crippen LogP contribution in [0.5, 0.6) is 0 Å². The number of hydrogen-bond acceptors (Lipinski definition) is 3. The Labute approximate surface area is 125 Å². The fraction of sp³-hybridized carbons (Fsp3) is 0.500. The first-order valence-corrected chi connectivity index (χ1v) is 7.37. The highest BCUT2D eigenvalue weighted by Gasteiger charge is 2.14. The van der Waals surface area contributed by atoms with Gasteiger partial charge in [-0.3, -0.25) is 9.79 Å². The number of rotatable bonds is 4. The van der Waals surface area contributed by atoms with Gasteiger partial charge in [0.2, 0.25) is 0 Å². The highest BCUT2D eigenvalue weighted by atomic mass is 16.5. The summed E-state index contributed by atoms with van der Waals surface area (Å²) in [7, 11) is 1.38. The van der Waals surface area contributed by atoms with Gasteiger partial charge in [-0.05, 0) is 42.9 Å². The van der Waals surface area contributed by atoms with E-state index in [-0.39, 0.29) is 11.9 Å². The maximum atomic E-state index is 11.3. The van der Waals surface area contributed by atoms with Crippen molar-refractivity contribution in [2.75, 3.05) is 19.0 Å². The number of guanidine groups is 1. The van der Waals surface area contributed by atoms with Gasteiger partial charge in [-0.2, -0.15) is 0 Å². The molecule has 0 fully saturated rings. The number of fused-ring (bicyclic) bond motifs is 1. The van der Waals surface area contributed by atoms with Crippen LogP contribution in [0.1, 0.15) is 30.9 Å². The number of benzene rings is 1. The fourth-order valence-electron chi connectivity index (χ4n) is 2.59. The average molecular weight is 289 g/mol. The Balaban J connectivity index is 2.03. The molecule has 0 saturated carbocycles. The number of ether oxygens (including phenoxy) is 1. The zero-order chi connectivity index (χ0) is 15.2. The van der Waals surface area contributed by atoms with Crippen molar-refractivity contribution in [1.82, 2.24) is 0 Å². The molecule has 0 aromatic heterocycles. The van der Waals surface area contributed by atoms with Crippen LogP contribution in [-0.2, 0) is 22.4 Å². The zero-order valence-corrected chi connectivity index (χ0v) is 12.7. The number of carbonyl (C=O) groups excluding carboxylic acids is 1. The number of hydrogen-bond donors (Lipinski definition) is 2. The summed E-state index contributed by atoms with van der Waals surface area (Å²) < 4.78 is 4.67. The molecule has 5 heteroatoms. The van der Waals surface area contributed by atoms with Crippen LogP contribution in [0.4, 0.5) is 5.69 Å². The first-order valence-electron chi connectivity index (χ1n) is 7.37. The molecule has 0 aliphatic heterocycles. The van der Waals surface area contributed by atoms with Crippen LogP contribution in [0, 0.1) is 5.92 Å². The molecule has 0 bridgehead atoms. The van der Waals surface area contributed by atoms with Gasteiger partial charge in [0.15, 0.2) is 5.96 Å². The average Bonchev–Trinajstić information content (AvgIpc) is 2.52. The van der Waals surface area contributed by atoms with Crippen LogP contribution in [0.2, 0.25) is 0 Å². The Morgan fingerprint density at radius 1 is 1.43 bits per heavy atom. The fourth-order valence-corrected chi connectivity index (χ4v) is 2.59. The van der Waals surface area contributed by atoms with E-state index in [1.54, 1.807) is 6.92 Å². The van der Waals surface area contributed by atoms with E-state index in [1.165, 1.54) is 31.1 Å². The molecule has 1 aromatic rings. The highest BCUT2D eigenvalue weighted by molar-refractivity contribution is 5.93. The maximum absolute atomic E-state index is 11.3. The third-order valence-corrected chi connectivity index (χ3v) is 3.80. The van der Waals surface area contributed by atoms with E-state index >= 15 is 0 Å². The quantitative estimate of drug-likeness (QED) is 0.505. The second-order valence-electron chi connectivity index (χ2n) is 5.43. The van der Waals surface area contributed by atoms with Crippen molar-refractivity contribution in [1.29, 1.82) is 0 Å². The van der Waals surface area contributed by atoms with Crippen molar-refractivity contribution >= 4 is 17.6 Å². The maximum Gasteiger partial charge on any atom is 0.310 e. The van der Waals surface area contributed by atoms with Gasteiger partial charge in [-0.25, -0.2) is 0 Å². The van der Waals surface area contributed by atoms with E-state index < -0.39 is 0 Å². The van der Waals surface area contributed by atoms with Crippen molar-refractivity contribution < 1.29 is 9.53 Å². The first-order chi connectivity index (χ1) is 10.1. The number of aliphatic imine (C=N–C) groups is 1. The van der Waals surface area contributed by atoms with Gasteiger partial charge in [-0.1, -0.05) is 19.1 Å². The van der Waals surface area contributed by atoms with E-state index in [9.17, 15) is 4.79 Å². The number of carbonyl (C=O) groups is 1. The molecular weight excluding hydrogens is 266 g/mol. The molecular formula is C16H23N3O2. The molecule has 0 amide bonds. The molecule has 3 N–H and O–H groups in total. The molecule has 0 spiro atoms. The van der Waals surface area contributed by atoms with Gasteiger partial charge < -0.3 is 15.8 Å². The van der Waals surface area contributed by atoms with Crippen LogP contribution >= 0.6 is 0 Å². The van der Waals surface area contributed by atoms with Crippen LogP contribution in [0.25, 0.3) is 0 Å². The van der Waals surface area contributed by atoms with Gasteiger partial charge >= 0.3 is 5.97 Å². The Kier molecular flexibility index (Phi) is 5.20. The second-order valence-corrected chi connectivity index (χ2v) is 5.43. The number of anilines is 1. The van der Waals surface area contributed by atoms with E-state index in [2.05, 4.69) is 21.1 Å². The number of nitrogens with zero attached hydrogens (tertiary/aromatic N) is 1. The van der Waals surface area contributed by atoms with Gasteiger partial charge in [0.05, 0.1) is 19.6 Å². The predicted octanol–water partition coefficient (Wildman–Crippen LogP) is 2.10. The summed E-state index contributed by atoms with van der Waals surface area (Å²) in [4.78, 5) is 15.5. The number of nitrogens with one attached hydrogen (secondary N) is 1. The molecule has 1 atom stereocenters. The Bertz CT molecular complexity index is 540. The number of nitrogens with two attached hydrogens (primary N) is 1. The lowest BCUT2D eigenvalue weighted by Crippen LogP contribution is -2.26. The lowest BCUT2D eigenvalue weighted by atomic mass is 9.90. The summed E-state index contributed by atoms with van der Waals surface area (Å²) >= 11 is 0. The summed E-state index contributed by atoms with van der Waals surface area (Å²) in [5, 5.41) is 3.16. The van der Waals surface area contributed by atoms with Crippen molar-refractivity contribution in [3.8, 4) is 0 Å². The molecule has 0 radical (unpaired) electrons. The minimum atomic E-state index is -0.292. The van der Waals surface area contributed by atoms with Crippen LogP contribution in [-0.4, -0.2) is 25.6 Å². The molecule has 2 rings (SSSR count). The van der Waals surface area contributed by atoms with Gasteiger partial charge in [-0.15, -0.1) is 0 Å². The molecule has 0 saturated heterocycles. The van der Waals surface area contributed by atoms with Crippen LogP contribution < -0.4 is 11.1 Å². The lowest BCUT2D eigenvalue weighted by molar-refractivity contribution is -0.144. The molecule has 1 unspecified atom stereocenters. The summed E-state index contributed by atoms with van der Waals surface area (Å²) in [6.07, 6.45) is 4.66. The minimum Gasteiger partial charge on any atom is -0.469 e. The Morgan fingerprint density at radius 2 is 2.19 bits per heavy atom. The molecule has 21 heavy (non-hydrogen) atoms. The Hall–Kier alpha value is -2.04. The monoisotopic (exact) mass is 289 g/mol. The van der Waals surface area contributed by atoms with Crippen LogP contribution in [0.3, 0.4) is 0 Å². The molecule has 1 aliphatic rings. The normalized spacial score (nSPS) is 16.0. The van der Waals surface area contributed by atoms with Gasteiger partial charge in [0, 0.05) is 5.69 Å². The first kappa shape index (κ1) is 15.4. The van der Waals surface area contributed by atoms with Crippen molar-refractivity contribution in [3.05, 3.63) is 29.3 Å². The minimum absolute atomic E-state index is 0.274. The standard InChI is InChI=1S/C16H23N3O2/c1-11(15(20)21-2)10-18-16(17)19-14-9-5-7-12-6-3-4-8-13(12)14/h5,7,9,11H,3-4,6,8,10H2,1-2H3,(H3,17,18,19). The van der Waals surface area contributed by atoms with E-state index in [1.807, 2.05) is 12.1 Å². The summed E-state index contributed by atoms with van der Waals surface area (Å²) in [6, 6.07) is 6.24. The number of aryl methyl sites for hydroxylation is 1. The SMILES string of the molecule is COC(=O)C(C)CN=C(N)Nc1cccc2c1CCCC2. The predicted molar refractivity (Wildman–Crippen MR) is 84.4 cm³/mol. The summed E-state index contributed by atoms with van der Waals surface area (Å²) in [5.41, 5.74) is 9.67. The molecule has 1 aromatic carbocycles. The molecule has 114 valence electrons. The van der Waals surface area contributed by atoms with Crippen molar-refractivity contribution in [2.24, 2.45) is 16.6 Å². The second kappa shape index (κ2) is 7.11.